The highest BCUT2D eigenvalue weighted by molar-refractivity contribution is 5.92. The van der Waals surface area contributed by atoms with Crippen LogP contribution in [0.5, 0.6) is 0 Å². The number of hydrogen-bond donors (Lipinski definition) is 1. The van der Waals surface area contributed by atoms with Crippen molar-refractivity contribution >= 4 is 17.5 Å². The summed E-state index contributed by atoms with van der Waals surface area (Å²) in [4.78, 5) is 22.7. The molecule has 0 spiro atoms. The molecule has 1 aliphatic heterocycles. The molecule has 0 aliphatic carbocycles. The third-order valence-corrected chi connectivity index (χ3v) is 3.54. The van der Waals surface area contributed by atoms with Crippen molar-refractivity contribution in [3.05, 3.63) is 47.8 Å². The van der Waals surface area contributed by atoms with Crippen molar-refractivity contribution in [2.75, 3.05) is 18.4 Å². The van der Waals surface area contributed by atoms with Crippen LogP contribution in [0.1, 0.15) is 28.9 Å². The lowest BCUT2D eigenvalue weighted by atomic mass is 10.2. The number of anilines is 2. The molecule has 2 aromatic rings. The molecule has 1 amide bonds. The van der Waals surface area contributed by atoms with E-state index in [1.54, 1.807) is 12.3 Å². The van der Waals surface area contributed by atoms with E-state index in [2.05, 4.69) is 15.3 Å². The van der Waals surface area contributed by atoms with E-state index in [4.69, 9.17) is 0 Å². The fourth-order valence-corrected chi connectivity index (χ4v) is 2.47. The molecule has 2 heterocycles. The molecule has 1 fully saturated rings. The third-order valence-electron chi connectivity index (χ3n) is 3.54. The summed E-state index contributed by atoms with van der Waals surface area (Å²) in [5, 5.41) is 3.14. The van der Waals surface area contributed by atoms with Gasteiger partial charge in [-0.2, -0.15) is 0 Å². The first-order chi connectivity index (χ1) is 10.2. The van der Waals surface area contributed by atoms with Crippen molar-refractivity contribution in [2.45, 2.75) is 19.8 Å². The average Bonchev–Trinajstić information content (AvgIpc) is 3.01. The monoisotopic (exact) mass is 282 g/mol. The summed E-state index contributed by atoms with van der Waals surface area (Å²) in [5.74, 6) is 0.438. The summed E-state index contributed by atoms with van der Waals surface area (Å²) in [6.45, 7) is 3.67. The molecule has 0 saturated carbocycles. The summed E-state index contributed by atoms with van der Waals surface area (Å²) >= 11 is 0. The molecule has 21 heavy (non-hydrogen) atoms. The molecule has 5 heteroatoms. The van der Waals surface area contributed by atoms with Crippen molar-refractivity contribution in [3.63, 3.8) is 0 Å². The van der Waals surface area contributed by atoms with Gasteiger partial charge in [0.1, 0.15) is 5.69 Å². The van der Waals surface area contributed by atoms with Gasteiger partial charge >= 0.3 is 0 Å². The molecule has 1 aliphatic rings. The molecule has 108 valence electrons. The minimum Gasteiger partial charge on any atom is -0.337 e. The Morgan fingerprint density at radius 3 is 2.81 bits per heavy atom. The zero-order chi connectivity index (χ0) is 14.7. The van der Waals surface area contributed by atoms with Crippen LogP contribution in [-0.2, 0) is 0 Å². The number of amides is 1. The highest BCUT2D eigenvalue weighted by Crippen LogP contribution is 2.16. The Bertz CT molecular complexity index is 650. The quantitative estimate of drug-likeness (QED) is 0.940. The second-order valence-electron chi connectivity index (χ2n) is 5.26. The Labute approximate surface area is 124 Å². The minimum absolute atomic E-state index is 0.0119. The van der Waals surface area contributed by atoms with Gasteiger partial charge in [0.25, 0.3) is 5.91 Å². The first-order valence-corrected chi connectivity index (χ1v) is 7.18. The molecule has 1 aromatic carbocycles. The second-order valence-corrected chi connectivity index (χ2v) is 5.26. The maximum atomic E-state index is 12.3. The van der Waals surface area contributed by atoms with Crippen molar-refractivity contribution in [3.8, 4) is 0 Å². The first kappa shape index (κ1) is 13.5. The molecule has 0 atom stereocenters. The van der Waals surface area contributed by atoms with E-state index < -0.39 is 0 Å². The van der Waals surface area contributed by atoms with Gasteiger partial charge in [0, 0.05) is 25.0 Å². The van der Waals surface area contributed by atoms with Crippen LogP contribution >= 0.6 is 0 Å². The standard InChI is InChI=1S/C16H18N4O/c1-12-5-4-6-13(11-12)18-16-17-8-7-14(19-16)15(21)20-9-2-3-10-20/h4-8,11H,2-3,9-10H2,1H3,(H,17,18,19). The van der Waals surface area contributed by atoms with Crippen LogP contribution in [0.4, 0.5) is 11.6 Å². The van der Waals surface area contributed by atoms with Gasteiger partial charge in [-0.1, -0.05) is 12.1 Å². The van der Waals surface area contributed by atoms with E-state index >= 15 is 0 Å². The summed E-state index contributed by atoms with van der Waals surface area (Å²) in [5.41, 5.74) is 2.52. The molecule has 0 bridgehead atoms. The molecular formula is C16H18N4O. The maximum absolute atomic E-state index is 12.3. The fourth-order valence-electron chi connectivity index (χ4n) is 2.47. The minimum atomic E-state index is -0.0119. The SMILES string of the molecule is Cc1cccc(Nc2nccc(C(=O)N3CCCC3)n2)c1. The van der Waals surface area contributed by atoms with Crippen molar-refractivity contribution < 1.29 is 4.79 Å². The Hall–Kier alpha value is -2.43. The van der Waals surface area contributed by atoms with Crippen molar-refractivity contribution in [2.24, 2.45) is 0 Å². The fraction of sp³-hybridized carbons (Fsp3) is 0.312. The highest BCUT2D eigenvalue weighted by Gasteiger charge is 2.20. The van der Waals surface area contributed by atoms with Gasteiger partial charge in [-0.05, 0) is 43.5 Å². The average molecular weight is 282 g/mol. The lowest BCUT2D eigenvalue weighted by Gasteiger charge is -2.14. The Balaban J connectivity index is 1.78. The number of carbonyl (C=O) groups excluding carboxylic acids is 1. The molecule has 0 unspecified atom stereocenters. The predicted octanol–water partition coefficient (Wildman–Crippen LogP) is 2.76. The van der Waals surface area contributed by atoms with Crippen LogP contribution in [-0.4, -0.2) is 33.9 Å². The molecule has 3 rings (SSSR count). The molecule has 1 saturated heterocycles. The lowest BCUT2D eigenvalue weighted by molar-refractivity contribution is 0.0787. The zero-order valence-electron chi connectivity index (χ0n) is 12.0. The molecule has 1 aromatic heterocycles. The number of benzene rings is 1. The van der Waals surface area contributed by atoms with Crippen molar-refractivity contribution in [1.82, 2.24) is 14.9 Å². The van der Waals surface area contributed by atoms with E-state index in [1.165, 1.54) is 0 Å². The summed E-state index contributed by atoms with van der Waals surface area (Å²) in [6.07, 6.45) is 3.77. The Morgan fingerprint density at radius 2 is 2.05 bits per heavy atom. The normalized spacial score (nSPS) is 14.2. The maximum Gasteiger partial charge on any atom is 0.272 e. The Morgan fingerprint density at radius 1 is 1.24 bits per heavy atom. The van der Waals surface area contributed by atoms with Crippen LogP contribution in [0.2, 0.25) is 0 Å². The van der Waals surface area contributed by atoms with E-state index in [0.717, 1.165) is 37.2 Å². The van der Waals surface area contributed by atoms with Crippen LogP contribution in [0.25, 0.3) is 0 Å². The third kappa shape index (κ3) is 3.18. The van der Waals surface area contributed by atoms with E-state index in [1.807, 2.05) is 36.1 Å². The van der Waals surface area contributed by atoms with Crippen LogP contribution in [0, 0.1) is 6.92 Å². The number of aromatic nitrogens is 2. The lowest BCUT2D eigenvalue weighted by Crippen LogP contribution is -2.28. The van der Waals surface area contributed by atoms with Gasteiger partial charge in [0.2, 0.25) is 5.95 Å². The number of carbonyl (C=O) groups is 1. The van der Waals surface area contributed by atoms with Gasteiger partial charge < -0.3 is 10.2 Å². The van der Waals surface area contributed by atoms with Crippen LogP contribution < -0.4 is 5.32 Å². The smallest absolute Gasteiger partial charge is 0.272 e. The predicted molar refractivity (Wildman–Crippen MR) is 81.6 cm³/mol. The number of hydrogen-bond acceptors (Lipinski definition) is 4. The van der Waals surface area contributed by atoms with Gasteiger partial charge in [0.05, 0.1) is 0 Å². The zero-order valence-corrected chi connectivity index (χ0v) is 12.0. The number of nitrogens with zero attached hydrogens (tertiary/aromatic N) is 3. The van der Waals surface area contributed by atoms with Gasteiger partial charge in [-0.25, -0.2) is 9.97 Å². The van der Waals surface area contributed by atoms with Crippen molar-refractivity contribution in [1.29, 1.82) is 0 Å². The van der Waals surface area contributed by atoms with Gasteiger partial charge in [-0.15, -0.1) is 0 Å². The highest BCUT2D eigenvalue weighted by atomic mass is 16.2. The number of aryl methyl sites for hydroxylation is 1. The largest absolute Gasteiger partial charge is 0.337 e. The molecule has 1 N–H and O–H groups in total. The van der Waals surface area contributed by atoms with Gasteiger partial charge in [0.15, 0.2) is 0 Å². The van der Waals surface area contributed by atoms with Gasteiger partial charge in [-0.3, -0.25) is 4.79 Å². The number of rotatable bonds is 3. The molecule has 5 nitrogen and oxygen atoms in total. The molecular weight excluding hydrogens is 264 g/mol. The summed E-state index contributed by atoms with van der Waals surface area (Å²) in [6, 6.07) is 9.63. The topological polar surface area (TPSA) is 58.1 Å². The Kier molecular flexibility index (Phi) is 3.81. The summed E-state index contributed by atoms with van der Waals surface area (Å²) < 4.78 is 0. The van der Waals surface area contributed by atoms with E-state index in [-0.39, 0.29) is 5.91 Å². The van der Waals surface area contributed by atoms with E-state index in [9.17, 15) is 4.79 Å². The van der Waals surface area contributed by atoms with Crippen LogP contribution in [0.15, 0.2) is 36.5 Å². The van der Waals surface area contributed by atoms with Crippen LogP contribution in [0.3, 0.4) is 0 Å². The van der Waals surface area contributed by atoms with E-state index in [0.29, 0.717) is 11.6 Å². The summed E-state index contributed by atoms with van der Waals surface area (Å²) in [7, 11) is 0. The number of nitrogens with one attached hydrogen (secondary N) is 1. The number of likely N-dealkylation sites (tertiary alicyclic amines) is 1. The molecule has 0 radical (unpaired) electrons. The first-order valence-electron chi connectivity index (χ1n) is 7.18. The second kappa shape index (κ2) is 5.91.